The highest BCUT2D eigenvalue weighted by Crippen LogP contribution is 2.21. The summed E-state index contributed by atoms with van der Waals surface area (Å²) in [6.45, 7) is 1.70. The molecule has 3 nitrogen and oxygen atoms in total. The highest BCUT2D eigenvalue weighted by Gasteiger charge is 2.04. The van der Waals surface area contributed by atoms with E-state index in [4.69, 9.17) is 4.74 Å². The van der Waals surface area contributed by atoms with Crippen LogP contribution in [0.1, 0.15) is 4.88 Å². The van der Waals surface area contributed by atoms with Gasteiger partial charge < -0.3 is 15.2 Å². The summed E-state index contributed by atoms with van der Waals surface area (Å²) in [5.41, 5.74) is 0. The Kier molecular flexibility index (Phi) is 5.66. The fourth-order valence-electron chi connectivity index (χ4n) is 1.05. The van der Waals surface area contributed by atoms with Gasteiger partial charge in [-0.3, -0.25) is 0 Å². The van der Waals surface area contributed by atoms with Gasteiger partial charge in [-0.05, 0) is 27.4 Å². The van der Waals surface area contributed by atoms with Gasteiger partial charge in [-0.1, -0.05) is 0 Å². The summed E-state index contributed by atoms with van der Waals surface area (Å²) in [5.74, 6) is 0. The molecule has 0 aromatic carbocycles. The second-order valence-corrected chi connectivity index (χ2v) is 4.79. The number of hydrogen-bond acceptors (Lipinski definition) is 4. The Morgan fingerprint density at radius 2 is 2.50 bits per heavy atom. The molecule has 1 aromatic rings. The van der Waals surface area contributed by atoms with Gasteiger partial charge >= 0.3 is 0 Å². The van der Waals surface area contributed by atoms with Crippen LogP contribution in [0.5, 0.6) is 0 Å². The summed E-state index contributed by atoms with van der Waals surface area (Å²) in [6.07, 6.45) is -0.432. The van der Waals surface area contributed by atoms with Crippen LogP contribution in [0.25, 0.3) is 0 Å². The van der Waals surface area contributed by atoms with E-state index in [1.807, 2.05) is 11.4 Å². The van der Waals surface area contributed by atoms with Crippen molar-refractivity contribution in [3.05, 3.63) is 20.8 Å². The number of thiophene rings is 1. The van der Waals surface area contributed by atoms with Gasteiger partial charge in [0.25, 0.3) is 0 Å². The lowest BCUT2D eigenvalue weighted by atomic mass is 10.3. The summed E-state index contributed by atoms with van der Waals surface area (Å²) >= 11 is 5.14. The first kappa shape index (κ1) is 12.1. The Morgan fingerprint density at radius 1 is 1.71 bits per heavy atom. The molecule has 0 aliphatic heterocycles. The Hall–Kier alpha value is 0.0600. The van der Waals surface area contributed by atoms with Crippen molar-refractivity contribution >= 4 is 27.3 Å². The first-order valence-corrected chi connectivity index (χ1v) is 6.01. The maximum Gasteiger partial charge on any atom is 0.0897 e. The third-order valence-electron chi connectivity index (χ3n) is 1.72. The van der Waals surface area contributed by atoms with Gasteiger partial charge in [0.2, 0.25) is 0 Å². The molecule has 0 aliphatic carbocycles. The van der Waals surface area contributed by atoms with Gasteiger partial charge in [0.1, 0.15) is 0 Å². The smallest absolute Gasteiger partial charge is 0.0897 e. The van der Waals surface area contributed by atoms with Crippen LogP contribution in [0.4, 0.5) is 0 Å². The van der Waals surface area contributed by atoms with Gasteiger partial charge in [0.05, 0.1) is 12.7 Å². The maximum absolute atomic E-state index is 9.35. The topological polar surface area (TPSA) is 41.5 Å². The minimum Gasteiger partial charge on any atom is -0.389 e. The first-order valence-electron chi connectivity index (χ1n) is 4.33. The number of halogens is 1. The van der Waals surface area contributed by atoms with Crippen LogP contribution < -0.4 is 5.32 Å². The molecule has 0 fully saturated rings. The van der Waals surface area contributed by atoms with Gasteiger partial charge in [-0.25, -0.2) is 0 Å². The van der Waals surface area contributed by atoms with E-state index in [2.05, 4.69) is 21.2 Å². The van der Waals surface area contributed by atoms with Crippen molar-refractivity contribution in [2.75, 3.05) is 20.3 Å². The molecular weight excluding hydrogens is 266 g/mol. The van der Waals surface area contributed by atoms with Crippen LogP contribution >= 0.6 is 27.3 Å². The van der Waals surface area contributed by atoms with Crippen molar-refractivity contribution in [1.82, 2.24) is 5.32 Å². The minimum atomic E-state index is -0.432. The fraction of sp³-hybridized carbons (Fsp3) is 0.556. The summed E-state index contributed by atoms with van der Waals surface area (Å²) in [4.78, 5) is 1.25. The molecule has 0 saturated carbocycles. The number of aliphatic hydroxyl groups excluding tert-OH is 1. The molecule has 1 aromatic heterocycles. The molecule has 0 spiro atoms. The van der Waals surface area contributed by atoms with E-state index in [-0.39, 0.29) is 0 Å². The summed E-state index contributed by atoms with van der Waals surface area (Å²) in [5, 5.41) is 14.5. The average Bonchev–Trinajstić information content (AvgIpc) is 2.52. The second kappa shape index (κ2) is 6.53. The Morgan fingerprint density at radius 3 is 3.07 bits per heavy atom. The van der Waals surface area contributed by atoms with Gasteiger partial charge in [0, 0.05) is 29.5 Å². The number of methoxy groups -OCH3 is 1. The fourth-order valence-corrected chi connectivity index (χ4v) is 2.52. The third-order valence-corrected chi connectivity index (χ3v) is 3.64. The highest BCUT2D eigenvalue weighted by molar-refractivity contribution is 9.10. The van der Waals surface area contributed by atoms with Gasteiger partial charge in [0.15, 0.2) is 0 Å². The quantitative estimate of drug-likeness (QED) is 0.832. The average molecular weight is 280 g/mol. The van der Waals surface area contributed by atoms with Crippen LogP contribution in [0, 0.1) is 0 Å². The van der Waals surface area contributed by atoms with E-state index in [0.29, 0.717) is 13.2 Å². The van der Waals surface area contributed by atoms with E-state index < -0.39 is 6.10 Å². The van der Waals surface area contributed by atoms with E-state index in [9.17, 15) is 5.11 Å². The Labute approximate surface area is 96.2 Å². The molecular formula is C9H14BrNO2S. The molecule has 1 unspecified atom stereocenters. The van der Waals surface area contributed by atoms with E-state index in [1.165, 1.54) is 4.88 Å². The van der Waals surface area contributed by atoms with Gasteiger partial charge in [-0.15, -0.1) is 11.3 Å². The predicted octanol–water partition coefficient (Wildman–Crippen LogP) is 1.61. The van der Waals surface area contributed by atoms with Crippen molar-refractivity contribution < 1.29 is 9.84 Å². The lowest BCUT2D eigenvalue weighted by molar-refractivity contribution is 0.0644. The largest absolute Gasteiger partial charge is 0.389 e. The molecule has 0 saturated heterocycles. The van der Waals surface area contributed by atoms with Crippen LogP contribution in [-0.4, -0.2) is 31.5 Å². The van der Waals surface area contributed by atoms with Crippen LogP contribution in [0.3, 0.4) is 0 Å². The van der Waals surface area contributed by atoms with Crippen molar-refractivity contribution in [3.63, 3.8) is 0 Å². The van der Waals surface area contributed by atoms with Crippen LogP contribution in [0.2, 0.25) is 0 Å². The maximum atomic E-state index is 9.35. The lowest BCUT2D eigenvalue weighted by Gasteiger charge is -2.09. The predicted molar refractivity (Wildman–Crippen MR) is 61.6 cm³/mol. The molecule has 1 heterocycles. The van der Waals surface area contributed by atoms with Crippen molar-refractivity contribution in [3.8, 4) is 0 Å². The highest BCUT2D eigenvalue weighted by atomic mass is 79.9. The van der Waals surface area contributed by atoms with Crippen LogP contribution in [0.15, 0.2) is 15.9 Å². The summed E-state index contributed by atoms with van der Waals surface area (Å²) < 4.78 is 5.94. The molecule has 0 amide bonds. The summed E-state index contributed by atoms with van der Waals surface area (Å²) in [6, 6.07) is 2.02. The number of ether oxygens (including phenoxy) is 1. The number of nitrogens with one attached hydrogen (secondary N) is 1. The minimum absolute atomic E-state index is 0.374. The van der Waals surface area contributed by atoms with Crippen LogP contribution in [-0.2, 0) is 11.3 Å². The zero-order valence-corrected chi connectivity index (χ0v) is 10.4. The normalized spacial score (nSPS) is 13.1. The molecule has 80 valence electrons. The molecule has 0 bridgehead atoms. The van der Waals surface area contributed by atoms with Crippen molar-refractivity contribution in [2.24, 2.45) is 0 Å². The SMILES string of the molecule is COCC(O)CNCc1sccc1Br. The number of rotatable bonds is 6. The molecule has 0 radical (unpaired) electrons. The molecule has 5 heteroatoms. The standard InChI is InChI=1S/C9H14BrNO2S/c1-13-6-7(12)4-11-5-9-8(10)2-3-14-9/h2-3,7,11-12H,4-6H2,1H3. The Balaban J connectivity index is 2.19. The lowest BCUT2D eigenvalue weighted by Crippen LogP contribution is -2.29. The monoisotopic (exact) mass is 279 g/mol. The second-order valence-electron chi connectivity index (χ2n) is 2.93. The molecule has 1 rings (SSSR count). The number of hydrogen-bond donors (Lipinski definition) is 2. The van der Waals surface area contributed by atoms with Crippen molar-refractivity contribution in [1.29, 1.82) is 0 Å². The number of aliphatic hydroxyl groups is 1. The molecule has 0 aliphatic rings. The van der Waals surface area contributed by atoms with Gasteiger partial charge in [-0.2, -0.15) is 0 Å². The Bertz CT molecular complexity index is 267. The van der Waals surface area contributed by atoms with Crippen molar-refractivity contribution in [2.45, 2.75) is 12.6 Å². The van der Waals surface area contributed by atoms with E-state index in [1.54, 1.807) is 18.4 Å². The van der Waals surface area contributed by atoms with E-state index in [0.717, 1.165) is 11.0 Å². The molecule has 14 heavy (non-hydrogen) atoms. The zero-order valence-electron chi connectivity index (χ0n) is 8.00. The third kappa shape index (κ3) is 4.06. The summed E-state index contributed by atoms with van der Waals surface area (Å²) in [7, 11) is 1.58. The molecule has 1 atom stereocenters. The molecule has 2 N–H and O–H groups in total. The zero-order chi connectivity index (χ0) is 10.4. The first-order chi connectivity index (χ1) is 6.74. The van der Waals surface area contributed by atoms with E-state index >= 15 is 0 Å².